The molecule has 7 nitrogen and oxygen atoms in total. The highest BCUT2D eigenvalue weighted by atomic mass is 19.4. The van der Waals surface area contributed by atoms with E-state index in [9.17, 15) is 31.5 Å². The lowest BCUT2D eigenvalue weighted by Gasteiger charge is -2.40. The molecule has 0 atom stereocenters. The minimum Gasteiger partial charge on any atom is -0.399 e. The number of piperidine rings is 1. The van der Waals surface area contributed by atoms with Gasteiger partial charge in [0.2, 0.25) is 0 Å². The molecular weight excluding hydrogens is 575 g/mol. The van der Waals surface area contributed by atoms with Crippen LogP contribution in [0.3, 0.4) is 0 Å². The number of esters is 2. The number of alkyl halides is 3. The van der Waals surface area contributed by atoms with Crippen molar-refractivity contribution in [3.8, 4) is 0 Å². The van der Waals surface area contributed by atoms with Crippen molar-refractivity contribution in [2.75, 3.05) is 13.1 Å². The van der Waals surface area contributed by atoms with Gasteiger partial charge < -0.3 is 14.3 Å². The Morgan fingerprint density at radius 2 is 1.42 bits per heavy atom. The molecule has 0 aromatic heterocycles. The molecule has 0 unspecified atom stereocenters. The third kappa shape index (κ3) is 7.19. The number of carbonyl (C=O) groups excluding carboxylic acids is 2. The number of hydrogen-bond acceptors (Lipinski definition) is 7. The van der Waals surface area contributed by atoms with Gasteiger partial charge >= 0.3 is 24.0 Å². The van der Waals surface area contributed by atoms with Gasteiger partial charge in [0, 0.05) is 25.4 Å². The average Bonchev–Trinajstić information content (AvgIpc) is 3.25. The molecule has 43 heavy (non-hydrogen) atoms. The highest BCUT2D eigenvalue weighted by molar-refractivity contribution is 6.31. The summed E-state index contributed by atoms with van der Waals surface area (Å²) in [6.07, 6.45) is -3.00. The molecule has 2 aliphatic rings. The lowest BCUT2D eigenvalue weighted by molar-refractivity contribution is -0.250. The Hall–Kier alpha value is -4.32. The number of likely N-dealkylation sites (tertiary alicyclic amines) is 1. The molecule has 2 heterocycles. The lowest BCUT2D eigenvalue weighted by atomic mass is 9.87. The van der Waals surface area contributed by atoms with E-state index in [1.165, 1.54) is 36.4 Å². The van der Waals surface area contributed by atoms with E-state index in [4.69, 9.17) is 14.3 Å². The summed E-state index contributed by atoms with van der Waals surface area (Å²) < 4.78 is 76.3. The summed E-state index contributed by atoms with van der Waals surface area (Å²) in [5, 5.41) is 4.08. The van der Waals surface area contributed by atoms with Crippen LogP contribution in [0.4, 0.5) is 22.0 Å². The Kier molecular flexibility index (Phi) is 8.77. The van der Waals surface area contributed by atoms with Crippen LogP contribution in [-0.2, 0) is 36.7 Å². The highest BCUT2D eigenvalue weighted by Gasteiger charge is 2.55. The number of hydrogen-bond donors (Lipinski definition) is 0. The van der Waals surface area contributed by atoms with Gasteiger partial charge in [-0.3, -0.25) is 0 Å². The summed E-state index contributed by atoms with van der Waals surface area (Å²) in [6, 6.07) is 16.7. The summed E-state index contributed by atoms with van der Waals surface area (Å²) in [6.45, 7) is 0.575. The Balaban J connectivity index is 1.24. The monoisotopic (exact) mass is 602 g/mol. The largest absolute Gasteiger partial charge is 0.421 e. The van der Waals surface area contributed by atoms with Crippen molar-refractivity contribution in [1.29, 1.82) is 0 Å². The fourth-order valence-corrected chi connectivity index (χ4v) is 5.24. The molecule has 0 aliphatic carbocycles. The van der Waals surface area contributed by atoms with Crippen LogP contribution in [0.2, 0.25) is 0 Å². The molecule has 3 aromatic carbocycles. The molecule has 0 radical (unpaired) electrons. The van der Waals surface area contributed by atoms with Crippen molar-refractivity contribution in [2.45, 2.75) is 50.3 Å². The summed E-state index contributed by atoms with van der Waals surface area (Å²) >= 11 is 0. The van der Waals surface area contributed by atoms with Crippen LogP contribution in [0.5, 0.6) is 0 Å². The van der Waals surface area contributed by atoms with Crippen molar-refractivity contribution in [1.82, 2.24) is 4.90 Å². The van der Waals surface area contributed by atoms with Crippen molar-refractivity contribution in [3.05, 3.63) is 107 Å². The third-order valence-corrected chi connectivity index (χ3v) is 7.42. The topological polar surface area (TPSA) is 77.4 Å². The molecule has 2 aliphatic heterocycles. The van der Waals surface area contributed by atoms with Gasteiger partial charge in [-0.2, -0.15) is 13.2 Å². The Labute approximate surface area is 243 Å². The predicted molar refractivity (Wildman–Crippen MR) is 143 cm³/mol. The first kappa shape index (κ1) is 30.1. The second-order valence-corrected chi connectivity index (χ2v) is 10.3. The Morgan fingerprint density at radius 3 is 1.95 bits per heavy atom. The van der Waals surface area contributed by atoms with Crippen molar-refractivity contribution < 1.29 is 45.9 Å². The Morgan fingerprint density at radius 1 is 0.860 bits per heavy atom. The number of oxime groups is 1. The molecule has 1 spiro atoms. The minimum absolute atomic E-state index is 0.0726. The molecule has 0 bridgehead atoms. The fraction of sp³-hybridized carbons (Fsp3) is 0.323. The zero-order chi connectivity index (χ0) is 30.6. The molecule has 0 saturated carbocycles. The molecule has 0 N–H and O–H groups in total. The van der Waals surface area contributed by atoms with Gasteiger partial charge in [0.15, 0.2) is 0 Å². The number of ether oxygens (including phenoxy) is 2. The average molecular weight is 603 g/mol. The van der Waals surface area contributed by atoms with E-state index < -0.39 is 29.6 Å². The quantitative estimate of drug-likeness (QED) is 0.124. The van der Waals surface area contributed by atoms with Gasteiger partial charge in [-0.1, -0.05) is 41.6 Å². The van der Waals surface area contributed by atoms with Crippen LogP contribution in [0.1, 0.15) is 53.9 Å². The van der Waals surface area contributed by atoms with Gasteiger partial charge in [0.05, 0.1) is 17.7 Å². The van der Waals surface area contributed by atoms with Gasteiger partial charge in [0.25, 0.3) is 0 Å². The van der Waals surface area contributed by atoms with Crippen LogP contribution in [0.25, 0.3) is 0 Å². The summed E-state index contributed by atoms with van der Waals surface area (Å²) in [5.41, 5.74) is 1.84. The minimum atomic E-state index is -4.44. The second-order valence-electron chi connectivity index (χ2n) is 10.3. The molecule has 2 fully saturated rings. The van der Waals surface area contributed by atoms with Crippen LogP contribution in [0, 0.1) is 11.6 Å². The standard InChI is InChI=1S/C31H27F5N2O5/c32-24-11-5-21(6-12-24)27(22-7-13-25(33)14-8-22)2-1-16-38-17-15-26(18-30(38)42-28(39)29(40)43-30)37-41-19-20-3-9-23(10-4-20)31(34,35)36/h3-14,27H,1-2,15-19H2/b37-26+. The maximum atomic E-state index is 13.6. The van der Waals surface area contributed by atoms with Gasteiger partial charge in [-0.05, 0) is 65.9 Å². The summed E-state index contributed by atoms with van der Waals surface area (Å²) in [5.74, 6) is -4.89. The number of rotatable bonds is 9. The number of carbonyl (C=O) groups is 2. The lowest BCUT2D eigenvalue weighted by Crippen LogP contribution is -2.55. The SMILES string of the molecule is O=C1OC2(C/C(=N/OCc3ccc(C(F)(F)F)cc3)CCN2CCCC(c2ccc(F)cc2)c2ccc(F)cc2)OC1=O. The van der Waals surface area contributed by atoms with E-state index in [1.807, 2.05) is 0 Å². The molecular formula is C31H27F5N2O5. The normalized spacial score (nSPS) is 17.9. The van der Waals surface area contributed by atoms with Crippen LogP contribution in [-0.4, -0.2) is 41.6 Å². The molecule has 3 aromatic rings. The summed E-state index contributed by atoms with van der Waals surface area (Å²) in [7, 11) is 0. The second kappa shape index (κ2) is 12.5. The zero-order valence-corrected chi connectivity index (χ0v) is 22.8. The summed E-state index contributed by atoms with van der Waals surface area (Å²) in [4.78, 5) is 31.2. The van der Waals surface area contributed by atoms with E-state index in [0.717, 1.165) is 23.3 Å². The van der Waals surface area contributed by atoms with Crippen molar-refractivity contribution >= 4 is 17.7 Å². The molecule has 226 valence electrons. The highest BCUT2D eigenvalue weighted by Crippen LogP contribution is 2.36. The predicted octanol–water partition coefficient (Wildman–Crippen LogP) is 6.32. The maximum absolute atomic E-state index is 13.6. The molecule has 0 amide bonds. The third-order valence-electron chi connectivity index (χ3n) is 7.42. The van der Waals surface area contributed by atoms with Gasteiger partial charge in [-0.15, -0.1) is 0 Å². The van der Waals surface area contributed by atoms with Gasteiger partial charge in [-0.25, -0.2) is 23.3 Å². The molecule has 12 heteroatoms. The number of halogens is 5. The van der Waals surface area contributed by atoms with E-state index in [2.05, 4.69) is 5.16 Å². The Bertz CT molecular complexity index is 1410. The fourth-order valence-electron chi connectivity index (χ4n) is 5.24. The molecule has 5 rings (SSSR count). The molecule has 2 saturated heterocycles. The van der Waals surface area contributed by atoms with Crippen molar-refractivity contribution in [3.63, 3.8) is 0 Å². The van der Waals surface area contributed by atoms with E-state index >= 15 is 0 Å². The van der Waals surface area contributed by atoms with Crippen LogP contribution >= 0.6 is 0 Å². The maximum Gasteiger partial charge on any atom is 0.421 e. The van der Waals surface area contributed by atoms with Crippen molar-refractivity contribution in [2.24, 2.45) is 5.16 Å². The first-order valence-corrected chi connectivity index (χ1v) is 13.6. The van der Waals surface area contributed by atoms with E-state index in [1.54, 1.807) is 29.2 Å². The first-order chi connectivity index (χ1) is 20.5. The van der Waals surface area contributed by atoms with E-state index in [-0.39, 0.29) is 30.6 Å². The number of nitrogens with zero attached hydrogens (tertiary/aromatic N) is 2. The van der Waals surface area contributed by atoms with E-state index in [0.29, 0.717) is 43.6 Å². The van der Waals surface area contributed by atoms with Crippen LogP contribution in [0.15, 0.2) is 78.0 Å². The smallest absolute Gasteiger partial charge is 0.399 e. The zero-order valence-electron chi connectivity index (χ0n) is 22.8. The number of benzene rings is 3. The first-order valence-electron chi connectivity index (χ1n) is 13.6. The van der Waals surface area contributed by atoms with Crippen LogP contribution < -0.4 is 0 Å². The van der Waals surface area contributed by atoms with Gasteiger partial charge in [0.1, 0.15) is 18.2 Å².